The van der Waals surface area contributed by atoms with Gasteiger partial charge in [0.1, 0.15) is 0 Å². The van der Waals surface area contributed by atoms with E-state index in [1.807, 2.05) is 52.0 Å². The Labute approximate surface area is 186 Å². The number of carbonyl (C=O) groups excluding carboxylic acids is 1. The van der Waals surface area contributed by atoms with Crippen molar-refractivity contribution in [1.29, 1.82) is 0 Å². The number of benzene rings is 1. The molecule has 1 N–H and O–H groups in total. The lowest BCUT2D eigenvalue weighted by Crippen LogP contribution is -2.13. The topological polar surface area (TPSA) is 29.1 Å². The van der Waals surface area contributed by atoms with Crippen molar-refractivity contribution in [3.05, 3.63) is 84.2 Å². The maximum atomic E-state index is 12.2. The Morgan fingerprint density at radius 3 is 2.00 bits per heavy atom. The number of nitrogens with one attached hydrogen (secondary N) is 1. The quantitative estimate of drug-likeness (QED) is 0.343. The summed E-state index contributed by atoms with van der Waals surface area (Å²) < 4.78 is 0. The summed E-state index contributed by atoms with van der Waals surface area (Å²) in [6.07, 6.45) is 8.74. The second kappa shape index (κ2) is 18.7. The second-order valence-electron chi connectivity index (χ2n) is 7.36. The smallest absolute Gasteiger partial charge is 0.163 e. The van der Waals surface area contributed by atoms with E-state index < -0.39 is 0 Å². The molecule has 0 spiro atoms. The third kappa shape index (κ3) is 14.6. The van der Waals surface area contributed by atoms with E-state index in [-0.39, 0.29) is 5.78 Å². The van der Waals surface area contributed by atoms with Crippen molar-refractivity contribution in [1.82, 2.24) is 5.32 Å². The predicted octanol–water partition coefficient (Wildman–Crippen LogP) is 8.57. The first-order valence-electron chi connectivity index (χ1n) is 11.3. The number of rotatable bonds is 8. The Bertz CT molecular complexity index is 678. The number of Topliss-reactive ketones (excluding diaryl/α,β-unsaturated/α-hetero) is 1. The maximum absolute atomic E-state index is 12.2. The normalized spacial score (nSPS) is 12.2. The van der Waals surface area contributed by atoms with Gasteiger partial charge in [0, 0.05) is 23.4 Å². The summed E-state index contributed by atoms with van der Waals surface area (Å²) in [5.74, 6) is 1.22. The highest BCUT2D eigenvalue weighted by atomic mass is 16.1. The molecule has 1 aliphatic rings. The van der Waals surface area contributed by atoms with Crippen LogP contribution in [0.5, 0.6) is 0 Å². The van der Waals surface area contributed by atoms with E-state index in [4.69, 9.17) is 0 Å². The third-order valence-electron chi connectivity index (χ3n) is 4.21. The molecule has 0 heterocycles. The molecule has 1 saturated carbocycles. The summed E-state index contributed by atoms with van der Waals surface area (Å²) in [6.45, 7) is 25.9. The van der Waals surface area contributed by atoms with E-state index in [1.165, 1.54) is 19.3 Å². The zero-order chi connectivity index (χ0) is 23.5. The molecule has 1 aromatic carbocycles. The molecule has 0 saturated heterocycles. The van der Waals surface area contributed by atoms with Gasteiger partial charge in [0.15, 0.2) is 5.78 Å². The van der Waals surface area contributed by atoms with Crippen molar-refractivity contribution < 1.29 is 4.79 Å². The fourth-order valence-electron chi connectivity index (χ4n) is 2.13. The van der Waals surface area contributed by atoms with Crippen LogP contribution in [0.15, 0.2) is 73.1 Å². The van der Waals surface area contributed by atoms with Gasteiger partial charge in [-0.25, -0.2) is 0 Å². The molecular formula is C28H45NO. The summed E-state index contributed by atoms with van der Waals surface area (Å²) in [6, 6.07) is 7.64. The standard InChI is InChI=1S/C19H23NO.C4H8.C3H8.C2H6/c1-6-14(3)18(7-2)20-16(5)12-13-19(21)17-11-9-8-10-15(17)4;1-4-2-3-4;1-3-2;1-2/h6-11,20H,1-2,5,12-13H2,3-4H3;4H,2-3H2,1H3;3H2,1-2H3;1-2H3/b18-14+;;;. The first-order valence-corrected chi connectivity index (χ1v) is 11.3. The summed E-state index contributed by atoms with van der Waals surface area (Å²) in [7, 11) is 0. The minimum Gasteiger partial charge on any atom is -0.359 e. The lowest BCUT2D eigenvalue weighted by molar-refractivity contribution is 0.0982. The molecule has 2 heteroatoms. The second-order valence-corrected chi connectivity index (χ2v) is 7.36. The lowest BCUT2D eigenvalue weighted by atomic mass is 10.0. The van der Waals surface area contributed by atoms with Crippen LogP contribution in [0.25, 0.3) is 0 Å². The number of hydrogen-bond donors (Lipinski definition) is 1. The molecule has 1 fully saturated rings. The van der Waals surface area contributed by atoms with Crippen LogP contribution in [0.1, 0.15) is 89.6 Å². The van der Waals surface area contributed by atoms with E-state index in [1.54, 1.807) is 12.2 Å². The molecule has 0 aliphatic heterocycles. The van der Waals surface area contributed by atoms with Crippen molar-refractivity contribution >= 4 is 5.78 Å². The van der Waals surface area contributed by atoms with Crippen LogP contribution in [0.4, 0.5) is 0 Å². The maximum Gasteiger partial charge on any atom is 0.163 e. The Morgan fingerprint density at radius 1 is 1.10 bits per heavy atom. The molecule has 0 atom stereocenters. The summed E-state index contributed by atoms with van der Waals surface area (Å²) in [4.78, 5) is 12.2. The molecule has 1 aromatic rings. The number of aryl methyl sites for hydroxylation is 1. The number of allylic oxidation sites excluding steroid dienone is 4. The van der Waals surface area contributed by atoms with Gasteiger partial charge >= 0.3 is 0 Å². The van der Waals surface area contributed by atoms with Crippen molar-refractivity contribution in [3.63, 3.8) is 0 Å². The average molecular weight is 412 g/mol. The SMILES string of the molecule is C=C/C(C)=C(\C=C)NC(=C)CCC(=O)c1ccccc1C.CC.CC1CC1.CCC. The van der Waals surface area contributed by atoms with Crippen LogP contribution >= 0.6 is 0 Å². The van der Waals surface area contributed by atoms with E-state index in [2.05, 4.69) is 45.8 Å². The summed E-state index contributed by atoms with van der Waals surface area (Å²) >= 11 is 0. The van der Waals surface area contributed by atoms with E-state index >= 15 is 0 Å². The van der Waals surface area contributed by atoms with Gasteiger partial charge < -0.3 is 5.32 Å². The minimum absolute atomic E-state index is 0.139. The molecule has 168 valence electrons. The first kappa shape index (κ1) is 29.8. The third-order valence-corrected chi connectivity index (χ3v) is 4.21. The van der Waals surface area contributed by atoms with Crippen LogP contribution in [0, 0.1) is 12.8 Å². The van der Waals surface area contributed by atoms with Crippen molar-refractivity contribution in [2.45, 2.75) is 80.6 Å². The number of carbonyl (C=O) groups is 1. The Morgan fingerprint density at radius 2 is 1.60 bits per heavy atom. The molecule has 0 aromatic heterocycles. The van der Waals surface area contributed by atoms with Crippen LogP contribution in [0.2, 0.25) is 0 Å². The van der Waals surface area contributed by atoms with E-state index in [9.17, 15) is 4.79 Å². The molecule has 30 heavy (non-hydrogen) atoms. The molecule has 1 aliphatic carbocycles. The van der Waals surface area contributed by atoms with Gasteiger partial charge in [-0.1, -0.05) is 104 Å². The number of hydrogen-bond acceptors (Lipinski definition) is 2. The molecule has 2 rings (SSSR count). The highest BCUT2D eigenvalue weighted by molar-refractivity contribution is 5.97. The molecule has 0 amide bonds. The fraction of sp³-hybridized carbons (Fsp3) is 0.464. The van der Waals surface area contributed by atoms with Crippen molar-refractivity contribution in [2.24, 2.45) is 5.92 Å². The lowest BCUT2D eigenvalue weighted by Gasteiger charge is -2.12. The average Bonchev–Trinajstić information content (AvgIpc) is 3.54. The predicted molar refractivity (Wildman–Crippen MR) is 136 cm³/mol. The van der Waals surface area contributed by atoms with Gasteiger partial charge in [0.05, 0.1) is 0 Å². The van der Waals surface area contributed by atoms with Crippen LogP contribution in [0.3, 0.4) is 0 Å². The van der Waals surface area contributed by atoms with Crippen LogP contribution in [-0.2, 0) is 0 Å². The Balaban J connectivity index is 0. The Hall–Kier alpha value is -2.35. The monoisotopic (exact) mass is 411 g/mol. The van der Waals surface area contributed by atoms with E-state index in [0.717, 1.165) is 34.0 Å². The molecule has 2 nitrogen and oxygen atoms in total. The van der Waals surface area contributed by atoms with Crippen molar-refractivity contribution in [3.8, 4) is 0 Å². The van der Waals surface area contributed by atoms with Crippen LogP contribution < -0.4 is 5.32 Å². The largest absolute Gasteiger partial charge is 0.359 e. The Kier molecular flexibility index (Phi) is 18.6. The molecule has 0 radical (unpaired) electrons. The van der Waals surface area contributed by atoms with Gasteiger partial charge in [-0.2, -0.15) is 0 Å². The van der Waals surface area contributed by atoms with Gasteiger partial charge in [0.2, 0.25) is 0 Å². The molecule has 0 unspecified atom stereocenters. The minimum atomic E-state index is 0.139. The van der Waals surface area contributed by atoms with Gasteiger partial charge in [-0.05, 0) is 43.4 Å². The highest BCUT2D eigenvalue weighted by Crippen LogP contribution is 2.26. The fourth-order valence-corrected chi connectivity index (χ4v) is 2.13. The number of ketones is 1. The van der Waals surface area contributed by atoms with E-state index in [0.29, 0.717) is 12.8 Å². The highest BCUT2D eigenvalue weighted by Gasteiger charge is 2.12. The van der Waals surface area contributed by atoms with Crippen LogP contribution in [-0.4, -0.2) is 5.78 Å². The van der Waals surface area contributed by atoms with Crippen molar-refractivity contribution in [2.75, 3.05) is 0 Å². The van der Waals surface area contributed by atoms with Gasteiger partial charge in [0.25, 0.3) is 0 Å². The first-order chi connectivity index (χ1) is 14.3. The molecule has 0 bridgehead atoms. The zero-order valence-electron chi connectivity index (χ0n) is 20.6. The summed E-state index contributed by atoms with van der Waals surface area (Å²) in [5.41, 5.74) is 4.46. The molecular weight excluding hydrogens is 366 g/mol. The summed E-state index contributed by atoms with van der Waals surface area (Å²) in [5, 5.41) is 3.18. The van der Waals surface area contributed by atoms with Gasteiger partial charge in [-0.3, -0.25) is 4.79 Å². The van der Waals surface area contributed by atoms with Gasteiger partial charge in [-0.15, -0.1) is 0 Å². The zero-order valence-corrected chi connectivity index (χ0v) is 20.6.